The van der Waals surface area contributed by atoms with Crippen LogP contribution in [0.1, 0.15) is 22.5 Å². The zero-order valence-corrected chi connectivity index (χ0v) is 21.1. The largest absolute Gasteiger partial charge is 0.497 e. The summed E-state index contributed by atoms with van der Waals surface area (Å²) >= 11 is 1.36. The fraction of sp³-hybridized carbons (Fsp3) is 0.222. The van der Waals surface area contributed by atoms with Gasteiger partial charge in [0.2, 0.25) is 5.91 Å². The van der Waals surface area contributed by atoms with Gasteiger partial charge < -0.3 is 15.4 Å². The van der Waals surface area contributed by atoms with Gasteiger partial charge in [-0.15, -0.1) is 10.2 Å². The number of nitrogens with zero attached hydrogens (tertiary/aromatic N) is 3. The van der Waals surface area contributed by atoms with E-state index in [1.54, 1.807) is 7.11 Å². The van der Waals surface area contributed by atoms with Crippen molar-refractivity contribution < 1.29 is 9.53 Å². The molecule has 0 spiro atoms. The van der Waals surface area contributed by atoms with Gasteiger partial charge in [-0.1, -0.05) is 47.2 Å². The van der Waals surface area contributed by atoms with Crippen LogP contribution in [0.5, 0.6) is 5.75 Å². The van der Waals surface area contributed by atoms with Crippen LogP contribution < -0.4 is 15.4 Å². The number of hydrogen-bond acceptors (Lipinski definition) is 6. The molecular weight excluding hydrogens is 458 g/mol. The summed E-state index contributed by atoms with van der Waals surface area (Å²) in [6, 6.07) is 21.9. The Morgan fingerprint density at radius 2 is 1.66 bits per heavy atom. The molecule has 4 aromatic rings. The van der Waals surface area contributed by atoms with Gasteiger partial charge in [-0.25, -0.2) is 0 Å². The average Bonchev–Trinajstić information content (AvgIpc) is 3.27. The summed E-state index contributed by atoms with van der Waals surface area (Å²) in [7, 11) is 1.65. The average molecular weight is 488 g/mol. The predicted octanol–water partition coefficient (Wildman–Crippen LogP) is 5.54. The number of carbonyl (C=O) groups excluding carboxylic acids is 1. The Bertz CT molecular complexity index is 1300. The van der Waals surface area contributed by atoms with E-state index in [0.29, 0.717) is 11.7 Å². The highest BCUT2D eigenvalue weighted by Crippen LogP contribution is 2.24. The Morgan fingerprint density at radius 1 is 0.943 bits per heavy atom. The first-order valence-corrected chi connectivity index (χ1v) is 12.3. The van der Waals surface area contributed by atoms with E-state index in [0.717, 1.165) is 39.8 Å². The minimum atomic E-state index is -0.0849. The number of amides is 1. The quantitative estimate of drug-likeness (QED) is 0.302. The molecule has 4 rings (SSSR count). The molecule has 1 heterocycles. The third kappa shape index (κ3) is 6.22. The SMILES string of the molecule is COc1ccc(NCc2nnc(SCC(=O)Nc3ccc(C)cc3C)n2-c2ccc(C)cc2)cc1. The van der Waals surface area contributed by atoms with Gasteiger partial charge >= 0.3 is 0 Å². The molecule has 0 radical (unpaired) electrons. The first-order chi connectivity index (χ1) is 16.9. The van der Waals surface area contributed by atoms with Gasteiger partial charge in [0.05, 0.1) is 19.4 Å². The first kappa shape index (κ1) is 24.3. The number of thioether (sulfide) groups is 1. The lowest BCUT2D eigenvalue weighted by molar-refractivity contribution is -0.113. The van der Waals surface area contributed by atoms with Crippen LogP contribution in [0.3, 0.4) is 0 Å². The summed E-state index contributed by atoms with van der Waals surface area (Å²) in [5.41, 5.74) is 6.10. The van der Waals surface area contributed by atoms with E-state index in [2.05, 4.69) is 46.0 Å². The zero-order valence-electron chi connectivity index (χ0n) is 20.3. The van der Waals surface area contributed by atoms with Crippen LogP contribution in [0.25, 0.3) is 5.69 Å². The van der Waals surface area contributed by atoms with Gasteiger partial charge in [-0.05, 0) is 68.8 Å². The summed E-state index contributed by atoms with van der Waals surface area (Å²) < 4.78 is 7.22. The third-order valence-corrected chi connectivity index (χ3v) is 6.45. The Hall–Kier alpha value is -3.78. The molecule has 3 aromatic carbocycles. The molecule has 7 nitrogen and oxygen atoms in total. The van der Waals surface area contributed by atoms with Crippen LogP contribution in [0.2, 0.25) is 0 Å². The molecule has 0 saturated carbocycles. The van der Waals surface area contributed by atoms with E-state index in [-0.39, 0.29) is 11.7 Å². The molecule has 8 heteroatoms. The number of rotatable bonds is 9. The van der Waals surface area contributed by atoms with Crippen molar-refractivity contribution in [3.63, 3.8) is 0 Å². The lowest BCUT2D eigenvalue weighted by Crippen LogP contribution is -2.15. The number of anilines is 2. The molecule has 0 atom stereocenters. The van der Waals surface area contributed by atoms with E-state index in [1.165, 1.54) is 17.3 Å². The molecule has 180 valence electrons. The minimum absolute atomic E-state index is 0.0849. The lowest BCUT2D eigenvalue weighted by atomic mass is 10.1. The standard InChI is InChI=1S/C27H29N5O2S/c1-18-5-10-22(11-6-18)32-25(16-28-21-8-12-23(34-4)13-9-21)30-31-27(32)35-17-26(33)29-24-14-7-19(2)15-20(24)3/h5-15,28H,16-17H2,1-4H3,(H,29,33). The Labute approximate surface area is 209 Å². The zero-order chi connectivity index (χ0) is 24.8. The van der Waals surface area contributed by atoms with E-state index < -0.39 is 0 Å². The van der Waals surface area contributed by atoms with E-state index in [9.17, 15) is 4.79 Å². The third-order valence-electron chi connectivity index (χ3n) is 5.52. The number of aromatic nitrogens is 3. The summed E-state index contributed by atoms with van der Waals surface area (Å²) in [4.78, 5) is 12.7. The highest BCUT2D eigenvalue weighted by atomic mass is 32.2. The highest BCUT2D eigenvalue weighted by Gasteiger charge is 2.16. The molecular formula is C27H29N5O2S. The van der Waals surface area contributed by atoms with Crippen LogP contribution in [0, 0.1) is 20.8 Å². The minimum Gasteiger partial charge on any atom is -0.497 e. The number of carbonyl (C=O) groups is 1. The fourth-order valence-corrected chi connectivity index (χ4v) is 4.39. The summed E-state index contributed by atoms with van der Waals surface area (Å²) in [6.07, 6.45) is 0. The molecule has 1 amide bonds. The molecule has 0 aliphatic rings. The lowest BCUT2D eigenvalue weighted by Gasteiger charge is -2.12. The topological polar surface area (TPSA) is 81.1 Å². The maximum Gasteiger partial charge on any atom is 0.234 e. The number of methoxy groups -OCH3 is 1. The molecule has 0 saturated heterocycles. The van der Waals surface area contributed by atoms with Crippen LogP contribution in [-0.2, 0) is 11.3 Å². The van der Waals surface area contributed by atoms with Crippen molar-refractivity contribution in [1.29, 1.82) is 0 Å². The van der Waals surface area contributed by atoms with Crippen LogP contribution in [-0.4, -0.2) is 33.5 Å². The van der Waals surface area contributed by atoms with E-state index >= 15 is 0 Å². The second kappa shape index (κ2) is 11.1. The van der Waals surface area contributed by atoms with Gasteiger partial charge in [0, 0.05) is 17.1 Å². The first-order valence-electron chi connectivity index (χ1n) is 11.3. The molecule has 2 N–H and O–H groups in total. The fourth-order valence-electron chi connectivity index (χ4n) is 3.62. The van der Waals surface area contributed by atoms with Gasteiger partial charge in [-0.3, -0.25) is 9.36 Å². The number of nitrogens with one attached hydrogen (secondary N) is 2. The van der Waals surface area contributed by atoms with Crippen molar-refractivity contribution in [3.8, 4) is 11.4 Å². The Morgan fingerprint density at radius 3 is 2.34 bits per heavy atom. The van der Waals surface area contributed by atoms with Crippen LogP contribution in [0.4, 0.5) is 11.4 Å². The molecule has 0 aliphatic heterocycles. The Kier molecular flexibility index (Phi) is 7.72. The number of ether oxygens (including phenoxy) is 1. The Balaban J connectivity index is 1.50. The molecule has 1 aromatic heterocycles. The van der Waals surface area contributed by atoms with Crippen molar-refractivity contribution in [2.75, 3.05) is 23.5 Å². The number of aryl methyl sites for hydroxylation is 3. The monoisotopic (exact) mass is 487 g/mol. The summed E-state index contributed by atoms with van der Waals surface area (Å²) in [5.74, 6) is 1.69. The number of hydrogen-bond donors (Lipinski definition) is 2. The van der Waals surface area contributed by atoms with Gasteiger partial charge in [-0.2, -0.15) is 0 Å². The van der Waals surface area contributed by atoms with Gasteiger partial charge in [0.15, 0.2) is 11.0 Å². The second-order valence-electron chi connectivity index (χ2n) is 8.31. The van der Waals surface area contributed by atoms with Crippen LogP contribution >= 0.6 is 11.8 Å². The maximum atomic E-state index is 12.7. The van der Waals surface area contributed by atoms with Gasteiger partial charge in [0.25, 0.3) is 0 Å². The van der Waals surface area contributed by atoms with Crippen LogP contribution in [0.15, 0.2) is 71.9 Å². The second-order valence-corrected chi connectivity index (χ2v) is 9.25. The smallest absolute Gasteiger partial charge is 0.234 e. The van der Waals surface area contributed by atoms with Crippen molar-refractivity contribution in [2.45, 2.75) is 32.5 Å². The summed E-state index contributed by atoms with van der Waals surface area (Å²) in [5, 5.41) is 15.9. The number of benzene rings is 3. The van der Waals surface area contributed by atoms with Crippen molar-refractivity contribution in [1.82, 2.24) is 14.8 Å². The van der Waals surface area contributed by atoms with E-state index in [4.69, 9.17) is 4.74 Å². The highest BCUT2D eigenvalue weighted by molar-refractivity contribution is 7.99. The molecule has 35 heavy (non-hydrogen) atoms. The molecule has 0 aliphatic carbocycles. The molecule has 0 bridgehead atoms. The van der Waals surface area contributed by atoms with Crippen molar-refractivity contribution >= 4 is 29.0 Å². The van der Waals surface area contributed by atoms with E-state index in [1.807, 2.05) is 66.9 Å². The molecule has 0 unspecified atom stereocenters. The predicted molar refractivity (Wildman–Crippen MR) is 142 cm³/mol. The normalized spacial score (nSPS) is 10.7. The van der Waals surface area contributed by atoms with Gasteiger partial charge in [0.1, 0.15) is 5.75 Å². The maximum absolute atomic E-state index is 12.7. The van der Waals surface area contributed by atoms with Crippen molar-refractivity contribution in [2.24, 2.45) is 0 Å². The summed E-state index contributed by atoms with van der Waals surface area (Å²) in [6.45, 7) is 6.55. The molecule has 0 fully saturated rings. The van der Waals surface area contributed by atoms with Crippen molar-refractivity contribution in [3.05, 3.63) is 89.2 Å².